The molecule has 6 rings (SSSR count). The molecule has 4 N–H and O–H groups in total. The third kappa shape index (κ3) is 9.57. The topological polar surface area (TPSA) is 195 Å². The highest BCUT2D eigenvalue weighted by Crippen LogP contribution is 2.33. The number of hydrogen-bond donors (Lipinski definition) is 4. The fourth-order valence-corrected chi connectivity index (χ4v) is 7.32. The third-order valence-electron chi connectivity index (χ3n) is 10.7. The Morgan fingerprint density at radius 1 is 0.712 bits per heavy atom. The zero-order valence-corrected chi connectivity index (χ0v) is 34.4. The maximum Gasteiger partial charge on any atom is 0.407 e. The summed E-state index contributed by atoms with van der Waals surface area (Å²) in [6.45, 7) is 9.80. The summed E-state index contributed by atoms with van der Waals surface area (Å²) in [7, 11) is 2.52. The molecular formula is C43H51N9O7. The molecule has 4 heterocycles. The average molecular weight is 806 g/mol. The summed E-state index contributed by atoms with van der Waals surface area (Å²) >= 11 is 0. The van der Waals surface area contributed by atoms with Crippen molar-refractivity contribution in [2.24, 2.45) is 11.8 Å². The second kappa shape index (κ2) is 18.3. The van der Waals surface area contributed by atoms with Crippen LogP contribution in [0.5, 0.6) is 0 Å². The molecule has 310 valence electrons. The fourth-order valence-electron chi connectivity index (χ4n) is 7.32. The van der Waals surface area contributed by atoms with E-state index in [1.54, 1.807) is 27.1 Å². The molecule has 0 unspecified atom stereocenters. The Balaban J connectivity index is 1.10. The van der Waals surface area contributed by atoms with E-state index in [9.17, 15) is 24.0 Å². The number of H-pyrrole nitrogens is 2. The Kier molecular flexibility index (Phi) is 13.0. The van der Waals surface area contributed by atoms with E-state index in [-0.39, 0.29) is 48.8 Å². The van der Waals surface area contributed by atoms with E-state index >= 15 is 0 Å². The molecule has 2 aliphatic rings. The van der Waals surface area contributed by atoms with E-state index < -0.39 is 30.3 Å². The number of nitrogens with one attached hydrogen (secondary N) is 4. The number of imidazole rings is 2. The SMILES string of the molecule is COC(=O)N[C@H](C(=O)N1CCC[C@H]1c1ncc(-c2ccc(C#Cc3ccc(-c4cnc([C@@H]5CN(C(C)=O)CN5C(=O)[C@@H](NC(=O)OC)C(C)C)[nH]4)cc3)cc2)[nH]1)C(C)C. The van der Waals surface area contributed by atoms with Crippen LogP contribution in [0.15, 0.2) is 60.9 Å². The van der Waals surface area contributed by atoms with Crippen molar-refractivity contribution < 1.29 is 33.4 Å². The number of hydrogen-bond acceptors (Lipinski definition) is 9. The van der Waals surface area contributed by atoms with Crippen LogP contribution >= 0.6 is 0 Å². The standard InChI is InChI=1S/C43H51N9O7/c1-25(2)36(48-42(56)58-6)40(54)51-20-8-9-34(51)38-44-21-32(46-38)30-16-12-28(13-17-30)10-11-29-14-18-31(19-15-29)33-22-45-39(47-33)35-23-50(27(5)53)24-52(35)41(55)37(26(3)4)49-43(57)59-7/h12-19,21-22,25-26,34-37H,8-9,20,23-24H2,1-7H3,(H,44,46)(H,45,47)(H,48,56)(H,49,57)/t34-,35-,36-,37-/m0/s1. The van der Waals surface area contributed by atoms with E-state index in [4.69, 9.17) is 9.47 Å². The quantitative estimate of drug-likeness (QED) is 0.160. The molecule has 0 bridgehead atoms. The van der Waals surface area contributed by atoms with Crippen molar-refractivity contribution >= 4 is 29.9 Å². The molecule has 0 saturated carbocycles. The number of likely N-dealkylation sites (tertiary alicyclic amines) is 1. The van der Waals surface area contributed by atoms with Gasteiger partial charge < -0.3 is 44.8 Å². The molecule has 2 saturated heterocycles. The van der Waals surface area contributed by atoms with Crippen LogP contribution in [0.25, 0.3) is 22.5 Å². The van der Waals surface area contributed by atoms with Crippen LogP contribution in [0.1, 0.15) is 82.3 Å². The normalized spacial score (nSPS) is 17.3. The van der Waals surface area contributed by atoms with Gasteiger partial charge in [-0.15, -0.1) is 0 Å². The molecule has 2 aliphatic heterocycles. The predicted octanol–water partition coefficient (Wildman–Crippen LogP) is 4.98. The lowest BCUT2D eigenvalue weighted by molar-refractivity contribution is -0.137. The summed E-state index contributed by atoms with van der Waals surface area (Å²) in [5.74, 6) is 6.66. The molecule has 5 amide bonds. The molecule has 2 aromatic carbocycles. The number of aromatic amines is 2. The van der Waals surface area contributed by atoms with Crippen LogP contribution in [-0.4, -0.2) is 111 Å². The summed E-state index contributed by atoms with van der Waals surface area (Å²) in [6.07, 6.45) is 3.72. The van der Waals surface area contributed by atoms with Crippen molar-refractivity contribution in [1.29, 1.82) is 0 Å². The van der Waals surface area contributed by atoms with Gasteiger partial charge in [0.1, 0.15) is 29.8 Å². The second-order valence-corrected chi connectivity index (χ2v) is 15.4. The summed E-state index contributed by atoms with van der Waals surface area (Å²) in [4.78, 5) is 84.4. The number of methoxy groups -OCH3 is 2. The van der Waals surface area contributed by atoms with Gasteiger partial charge in [-0.3, -0.25) is 14.4 Å². The lowest BCUT2D eigenvalue weighted by Crippen LogP contribution is -2.51. The van der Waals surface area contributed by atoms with E-state index in [2.05, 4.69) is 42.4 Å². The van der Waals surface area contributed by atoms with Crippen LogP contribution in [0.4, 0.5) is 9.59 Å². The summed E-state index contributed by atoms with van der Waals surface area (Å²) in [5.41, 5.74) is 5.00. The number of alkyl carbamates (subject to hydrolysis) is 2. The first-order valence-electron chi connectivity index (χ1n) is 19.7. The zero-order valence-electron chi connectivity index (χ0n) is 34.4. The van der Waals surface area contributed by atoms with E-state index in [0.29, 0.717) is 18.2 Å². The predicted molar refractivity (Wildman–Crippen MR) is 218 cm³/mol. The van der Waals surface area contributed by atoms with Crippen molar-refractivity contribution in [1.82, 2.24) is 45.3 Å². The lowest BCUT2D eigenvalue weighted by atomic mass is 10.0. The summed E-state index contributed by atoms with van der Waals surface area (Å²) in [6, 6.07) is 13.2. The number of rotatable bonds is 10. The van der Waals surface area contributed by atoms with Crippen LogP contribution < -0.4 is 10.6 Å². The number of benzene rings is 2. The van der Waals surface area contributed by atoms with Crippen LogP contribution in [0, 0.1) is 23.7 Å². The number of aromatic nitrogens is 4. The first kappa shape index (κ1) is 42.0. The minimum absolute atomic E-state index is 0.0721. The number of nitrogens with zero attached hydrogens (tertiary/aromatic N) is 5. The van der Waals surface area contributed by atoms with Gasteiger partial charge >= 0.3 is 12.2 Å². The van der Waals surface area contributed by atoms with Gasteiger partial charge in [0.15, 0.2) is 0 Å². The molecule has 4 atom stereocenters. The van der Waals surface area contributed by atoms with Crippen molar-refractivity contribution in [3.8, 4) is 34.4 Å². The van der Waals surface area contributed by atoms with Gasteiger partial charge in [-0.2, -0.15) is 0 Å². The van der Waals surface area contributed by atoms with Crippen molar-refractivity contribution in [3.63, 3.8) is 0 Å². The number of carbonyl (C=O) groups is 5. The second-order valence-electron chi connectivity index (χ2n) is 15.4. The van der Waals surface area contributed by atoms with Gasteiger partial charge in [-0.25, -0.2) is 19.6 Å². The van der Waals surface area contributed by atoms with Crippen molar-refractivity contribution in [2.45, 2.75) is 71.6 Å². The maximum absolute atomic E-state index is 13.7. The third-order valence-corrected chi connectivity index (χ3v) is 10.7. The van der Waals surface area contributed by atoms with Gasteiger partial charge in [-0.05, 0) is 60.1 Å². The molecule has 0 spiro atoms. The van der Waals surface area contributed by atoms with Gasteiger partial charge in [0.05, 0.1) is 57.3 Å². The lowest BCUT2D eigenvalue weighted by Gasteiger charge is -2.30. The Bertz CT molecular complexity index is 2220. The minimum Gasteiger partial charge on any atom is -0.453 e. The minimum atomic E-state index is -0.848. The van der Waals surface area contributed by atoms with E-state index in [1.165, 1.54) is 21.1 Å². The monoisotopic (exact) mass is 805 g/mol. The average Bonchev–Trinajstić information content (AvgIpc) is 4.07. The number of ether oxygens (including phenoxy) is 2. The number of carbonyl (C=O) groups excluding carboxylic acids is 5. The van der Waals surface area contributed by atoms with Gasteiger partial charge in [-0.1, -0.05) is 63.8 Å². The van der Waals surface area contributed by atoms with Crippen molar-refractivity contribution in [3.05, 3.63) is 83.7 Å². The molecule has 4 aromatic rings. The van der Waals surface area contributed by atoms with Crippen LogP contribution in [0.3, 0.4) is 0 Å². The largest absolute Gasteiger partial charge is 0.453 e. The van der Waals surface area contributed by atoms with Crippen LogP contribution in [0.2, 0.25) is 0 Å². The Morgan fingerprint density at radius 2 is 1.17 bits per heavy atom. The number of amides is 5. The van der Waals surface area contributed by atoms with Crippen LogP contribution in [-0.2, 0) is 23.9 Å². The maximum atomic E-state index is 13.7. The highest BCUT2D eigenvalue weighted by atomic mass is 16.5. The fraction of sp³-hybridized carbons (Fsp3) is 0.419. The molecule has 0 radical (unpaired) electrons. The molecule has 2 aromatic heterocycles. The summed E-state index contributed by atoms with van der Waals surface area (Å²) < 4.78 is 9.48. The molecule has 2 fully saturated rings. The van der Waals surface area contributed by atoms with E-state index in [0.717, 1.165) is 46.5 Å². The first-order valence-corrected chi connectivity index (χ1v) is 19.7. The van der Waals surface area contributed by atoms with Gasteiger partial charge in [0.2, 0.25) is 17.7 Å². The molecule has 16 heteroatoms. The van der Waals surface area contributed by atoms with Gasteiger partial charge in [0, 0.05) is 24.6 Å². The molecule has 0 aliphatic carbocycles. The Hall–Kier alpha value is -6.63. The smallest absolute Gasteiger partial charge is 0.407 e. The first-order chi connectivity index (χ1) is 28.3. The summed E-state index contributed by atoms with van der Waals surface area (Å²) in [5, 5.41) is 5.31. The highest BCUT2D eigenvalue weighted by molar-refractivity contribution is 5.88. The Labute approximate surface area is 343 Å². The molecular weight excluding hydrogens is 755 g/mol. The highest BCUT2D eigenvalue weighted by Gasteiger charge is 2.42. The van der Waals surface area contributed by atoms with Gasteiger partial charge in [0.25, 0.3) is 0 Å². The zero-order chi connectivity index (χ0) is 42.4. The molecule has 16 nitrogen and oxygen atoms in total. The Morgan fingerprint density at radius 3 is 1.61 bits per heavy atom. The molecule has 59 heavy (non-hydrogen) atoms. The van der Waals surface area contributed by atoms with Crippen molar-refractivity contribution in [2.75, 3.05) is 34.0 Å². The van der Waals surface area contributed by atoms with E-state index in [1.807, 2.05) is 76.2 Å².